The van der Waals surface area contributed by atoms with Crippen molar-refractivity contribution in [1.29, 1.82) is 0 Å². The van der Waals surface area contributed by atoms with E-state index in [1.807, 2.05) is 66.1 Å². The molecule has 0 bridgehead atoms. The molecule has 0 unspecified atom stereocenters. The number of nitrogens with one attached hydrogen (secondary N) is 1. The van der Waals surface area contributed by atoms with Crippen molar-refractivity contribution in [2.45, 2.75) is 36.2 Å². The van der Waals surface area contributed by atoms with Gasteiger partial charge in [0.05, 0.1) is 10.8 Å². The molecule has 0 spiro atoms. The van der Waals surface area contributed by atoms with E-state index in [0.717, 1.165) is 29.7 Å². The lowest BCUT2D eigenvalue weighted by molar-refractivity contribution is -0.115. The van der Waals surface area contributed by atoms with Crippen LogP contribution in [0.5, 0.6) is 0 Å². The molecule has 1 fully saturated rings. The number of halogens is 1. The summed E-state index contributed by atoms with van der Waals surface area (Å²) in [4.78, 5) is 13.1. The lowest BCUT2D eigenvalue weighted by atomic mass is 10.0. The Morgan fingerprint density at radius 1 is 0.970 bits per heavy atom. The zero-order valence-electron chi connectivity index (χ0n) is 18.1. The van der Waals surface area contributed by atoms with E-state index in [2.05, 4.69) is 15.5 Å². The Hall–Kier alpha value is -3.45. The van der Waals surface area contributed by atoms with E-state index >= 15 is 0 Å². The quantitative estimate of drug-likeness (QED) is 0.335. The molecule has 1 atom stereocenters. The summed E-state index contributed by atoms with van der Waals surface area (Å²) in [5.74, 6) is 0.0629. The van der Waals surface area contributed by atoms with Crippen molar-refractivity contribution in [3.8, 4) is 22.5 Å². The van der Waals surface area contributed by atoms with Crippen LogP contribution in [-0.2, 0) is 4.79 Å². The van der Waals surface area contributed by atoms with Crippen molar-refractivity contribution in [3.63, 3.8) is 0 Å². The second-order valence-corrected chi connectivity index (χ2v) is 9.36. The first-order chi connectivity index (χ1) is 16.1. The Bertz CT molecular complexity index is 1290. The van der Waals surface area contributed by atoms with Gasteiger partial charge in [0.2, 0.25) is 5.91 Å². The molecule has 1 amide bonds. The van der Waals surface area contributed by atoms with E-state index in [1.165, 1.54) is 17.8 Å². The lowest BCUT2D eigenvalue weighted by Crippen LogP contribution is -2.23. The van der Waals surface area contributed by atoms with Crippen LogP contribution in [0.1, 0.15) is 25.8 Å². The Labute approximate surface area is 196 Å². The van der Waals surface area contributed by atoms with E-state index in [1.54, 1.807) is 18.2 Å². The third-order valence-electron chi connectivity index (χ3n) is 5.61. The first-order valence-corrected chi connectivity index (χ1v) is 11.8. The molecule has 4 aromatic rings. The Morgan fingerprint density at radius 3 is 2.36 bits per heavy atom. The molecule has 1 aliphatic rings. The molecule has 1 heterocycles. The minimum atomic E-state index is -0.413. The topological polar surface area (TPSA) is 59.8 Å². The van der Waals surface area contributed by atoms with Crippen LogP contribution in [0.25, 0.3) is 22.5 Å². The fraction of sp³-hybridized carbons (Fsp3) is 0.192. The molecule has 1 aliphatic carbocycles. The Balaban J connectivity index is 1.37. The maximum Gasteiger partial charge on any atom is 0.237 e. The number of carbonyl (C=O) groups is 1. The van der Waals surface area contributed by atoms with E-state index in [4.69, 9.17) is 0 Å². The molecule has 1 N–H and O–H groups in total. The smallest absolute Gasteiger partial charge is 0.237 e. The van der Waals surface area contributed by atoms with Crippen molar-refractivity contribution in [2.75, 3.05) is 5.32 Å². The fourth-order valence-corrected chi connectivity index (χ4v) is 4.67. The van der Waals surface area contributed by atoms with Gasteiger partial charge in [-0.25, -0.2) is 4.39 Å². The number of hydrogen-bond acceptors (Lipinski definition) is 4. The lowest BCUT2D eigenvalue weighted by Gasteiger charge is -2.15. The normalized spacial score (nSPS) is 14.1. The number of hydrogen-bond donors (Lipinski definition) is 1. The first-order valence-electron chi connectivity index (χ1n) is 10.9. The van der Waals surface area contributed by atoms with Gasteiger partial charge in [0.1, 0.15) is 5.82 Å². The summed E-state index contributed by atoms with van der Waals surface area (Å²) in [6.45, 7) is 1.85. The summed E-state index contributed by atoms with van der Waals surface area (Å²) in [7, 11) is 0. The van der Waals surface area contributed by atoms with Crippen molar-refractivity contribution in [1.82, 2.24) is 14.8 Å². The average Bonchev–Trinajstić information content (AvgIpc) is 3.60. The Kier molecular flexibility index (Phi) is 5.96. The average molecular weight is 459 g/mol. The highest BCUT2D eigenvalue weighted by Crippen LogP contribution is 2.42. The zero-order chi connectivity index (χ0) is 22.8. The first kappa shape index (κ1) is 21.4. The summed E-state index contributed by atoms with van der Waals surface area (Å²) in [5, 5.41) is 11.9. The van der Waals surface area contributed by atoms with Crippen LogP contribution in [-0.4, -0.2) is 25.9 Å². The molecule has 1 aromatic heterocycles. The number of thioether (sulfide) groups is 1. The number of aromatic nitrogens is 3. The van der Waals surface area contributed by atoms with Gasteiger partial charge in [0.25, 0.3) is 0 Å². The van der Waals surface area contributed by atoms with E-state index in [9.17, 15) is 9.18 Å². The van der Waals surface area contributed by atoms with Gasteiger partial charge in [-0.3, -0.25) is 9.36 Å². The van der Waals surface area contributed by atoms with Crippen LogP contribution in [0, 0.1) is 5.82 Å². The van der Waals surface area contributed by atoms with Crippen molar-refractivity contribution >= 4 is 23.4 Å². The van der Waals surface area contributed by atoms with Crippen molar-refractivity contribution in [2.24, 2.45) is 0 Å². The molecule has 5 rings (SSSR count). The maximum absolute atomic E-state index is 14.4. The monoisotopic (exact) mass is 458 g/mol. The van der Waals surface area contributed by atoms with Crippen molar-refractivity contribution < 1.29 is 9.18 Å². The SMILES string of the molecule is C[C@@H](Sc1nnc(-c2ccccc2F)n1C1CC1)C(=O)Nc1ccccc1-c1ccccc1. The van der Waals surface area contributed by atoms with Crippen LogP contribution >= 0.6 is 11.8 Å². The van der Waals surface area contributed by atoms with Gasteiger partial charge in [-0.1, -0.05) is 72.4 Å². The number of carbonyl (C=O) groups excluding carboxylic acids is 1. The predicted octanol–water partition coefficient (Wildman–Crippen LogP) is 6.21. The summed E-state index contributed by atoms with van der Waals surface area (Å²) in [5.41, 5.74) is 3.19. The van der Waals surface area contributed by atoms with E-state index in [0.29, 0.717) is 16.5 Å². The number of rotatable bonds is 7. The van der Waals surface area contributed by atoms with Gasteiger partial charge in [0, 0.05) is 17.3 Å². The molecule has 7 heteroatoms. The molecule has 0 saturated heterocycles. The second-order valence-electron chi connectivity index (χ2n) is 8.05. The number of benzene rings is 3. The van der Waals surface area contributed by atoms with Crippen LogP contribution in [0.4, 0.5) is 10.1 Å². The number of amides is 1. The summed E-state index contributed by atoms with van der Waals surface area (Å²) >= 11 is 1.34. The molecular weight excluding hydrogens is 435 g/mol. The molecular formula is C26H23FN4OS. The van der Waals surface area contributed by atoms with Crippen LogP contribution in [0.3, 0.4) is 0 Å². The number of para-hydroxylation sites is 1. The summed E-state index contributed by atoms with van der Waals surface area (Å²) in [6, 6.07) is 24.5. The van der Waals surface area contributed by atoms with Crippen LogP contribution in [0.2, 0.25) is 0 Å². The third-order valence-corrected chi connectivity index (χ3v) is 6.67. The Morgan fingerprint density at radius 2 is 1.64 bits per heavy atom. The summed E-state index contributed by atoms with van der Waals surface area (Å²) < 4.78 is 16.4. The molecule has 0 aliphatic heterocycles. The van der Waals surface area contributed by atoms with E-state index < -0.39 is 5.25 Å². The second kappa shape index (κ2) is 9.19. The number of anilines is 1. The maximum atomic E-state index is 14.4. The van der Waals surface area contributed by atoms with Crippen LogP contribution in [0.15, 0.2) is 84.0 Å². The van der Waals surface area contributed by atoms with Gasteiger partial charge >= 0.3 is 0 Å². The largest absolute Gasteiger partial charge is 0.325 e. The molecule has 3 aromatic carbocycles. The molecule has 5 nitrogen and oxygen atoms in total. The molecule has 0 radical (unpaired) electrons. The van der Waals surface area contributed by atoms with Gasteiger partial charge in [0.15, 0.2) is 11.0 Å². The highest BCUT2D eigenvalue weighted by molar-refractivity contribution is 8.00. The van der Waals surface area contributed by atoms with Gasteiger partial charge in [-0.15, -0.1) is 10.2 Å². The standard InChI is InChI=1S/C26H23FN4OS/c1-17(25(32)28-23-14-8-6-11-20(23)18-9-3-2-4-10-18)33-26-30-29-24(31(26)19-15-16-19)21-12-5-7-13-22(21)27/h2-14,17,19H,15-16H2,1H3,(H,28,32)/t17-/m1/s1. The molecule has 33 heavy (non-hydrogen) atoms. The van der Waals surface area contributed by atoms with Gasteiger partial charge in [-0.05, 0) is 43.5 Å². The fourth-order valence-electron chi connectivity index (χ4n) is 3.75. The molecule has 1 saturated carbocycles. The minimum absolute atomic E-state index is 0.124. The van der Waals surface area contributed by atoms with Crippen LogP contribution < -0.4 is 5.32 Å². The molecule has 166 valence electrons. The van der Waals surface area contributed by atoms with Gasteiger partial charge in [-0.2, -0.15) is 0 Å². The highest BCUT2D eigenvalue weighted by Gasteiger charge is 2.32. The zero-order valence-corrected chi connectivity index (χ0v) is 18.9. The van der Waals surface area contributed by atoms with E-state index in [-0.39, 0.29) is 17.8 Å². The third kappa shape index (κ3) is 4.54. The van der Waals surface area contributed by atoms with Gasteiger partial charge < -0.3 is 5.32 Å². The highest BCUT2D eigenvalue weighted by atomic mass is 32.2. The predicted molar refractivity (Wildman–Crippen MR) is 130 cm³/mol. The van der Waals surface area contributed by atoms with Crippen molar-refractivity contribution in [3.05, 3.63) is 84.7 Å². The summed E-state index contributed by atoms with van der Waals surface area (Å²) in [6.07, 6.45) is 2.00. The number of nitrogens with zero attached hydrogens (tertiary/aromatic N) is 3. The minimum Gasteiger partial charge on any atom is -0.325 e.